The van der Waals surface area contributed by atoms with Crippen molar-refractivity contribution in [3.8, 4) is 0 Å². The first-order valence-corrected chi connectivity index (χ1v) is 11.1. The second kappa shape index (κ2) is 10.2. The van der Waals surface area contributed by atoms with Gasteiger partial charge in [0.05, 0.1) is 14.9 Å². The summed E-state index contributed by atoms with van der Waals surface area (Å²) in [6.45, 7) is 2.10. The van der Waals surface area contributed by atoms with Gasteiger partial charge in [-0.15, -0.1) is 11.3 Å². The van der Waals surface area contributed by atoms with Gasteiger partial charge in [0.1, 0.15) is 6.10 Å². The average Bonchev–Trinajstić information content (AvgIpc) is 3.35. The lowest BCUT2D eigenvalue weighted by molar-refractivity contribution is 0.0720. The Morgan fingerprint density at radius 3 is 2.59 bits per heavy atom. The van der Waals surface area contributed by atoms with Crippen molar-refractivity contribution in [3.63, 3.8) is 0 Å². The van der Waals surface area contributed by atoms with E-state index in [1.807, 2.05) is 0 Å². The number of benzene rings is 1. The molecule has 5 nitrogen and oxygen atoms in total. The Hall–Kier alpha value is -1.89. The number of oxime groups is 1. The van der Waals surface area contributed by atoms with Crippen LogP contribution >= 0.6 is 22.9 Å². The molecule has 2 heterocycles. The third kappa shape index (κ3) is 6.29. The predicted octanol–water partition coefficient (Wildman–Crippen LogP) is 4.95. The number of rotatable bonds is 10. The maximum Gasteiger partial charge on any atom is 0.172 e. The van der Waals surface area contributed by atoms with Crippen LogP contribution in [-0.4, -0.2) is 56.7 Å². The molecule has 0 fully saturated rings. The van der Waals surface area contributed by atoms with Gasteiger partial charge in [-0.1, -0.05) is 28.9 Å². The lowest BCUT2D eigenvalue weighted by atomic mass is 10.0. The lowest BCUT2D eigenvalue weighted by Crippen LogP contribution is -2.23. The molecule has 156 valence electrons. The van der Waals surface area contributed by atoms with E-state index in [0.717, 1.165) is 37.2 Å². The van der Waals surface area contributed by atoms with Gasteiger partial charge in [-0.25, -0.2) is 0 Å². The number of hydrogen-bond acceptors (Lipinski definition) is 6. The molecule has 1 aromatic heterocycles. The number of halogens is 1. The highest BCUT2D eigenvalue weighted by molar-refractivity contribution is 7.18. The molecule has 3 rings (SSSR count). The van der Waals surface area contributed by atoms with E-state index >= 15 is 0 Å². The van der Waals surface area contributed by atoms with Crippen LogP contribution in [0.5, 0.6) is 0 Å². The van der Waals surface area contributed by atoms with E-state index in [9.17, 15) is 4.79 Å². The maximum atomic E-state index is 12.2. The van der Waals surface area contributed by atoms with Crippen molar-refractivity contribution in [2.45, 2.75) is 31.8 Å². The Kier molecular flexibility index (Phi) is 7.70. The summed E-state index contributed by atoms with van der Waals surface area (Å²) in [5.41, 5.74) is 3.22. The quantitative estimate of drug-likeness (QED) is 0.497. The Labute approximate surface area is 181 Å². The number of hydrogen-bond donors (Lipinski definition) is 0. The zero-order valence-electron chi connectivity index (χ0n) is 17.2. The zero-order valence-corrected chi connectivity index (χ0v) is 18.8. The van der Waals surface area contributed by atoms with Crippen LogP contribution in [0.2, 0.25) is 4.34 Å². The maximum absolute atomic E-state index is 12.2. The fourth-order valence-electron chi connectivity index (χ4n) is 3.29. The molecule has 1 aliphatic heterocycles. The molecular formula is C22H28ClN3O2S. The van der Waals surface area contributed by atoms with Gasteiger partial charge < -0.3 is 14.6 Å². The molecule has 29 heavy (non-hydrogen) atoms. The van der Waals surface area contributed by atoms with E-state index in [1.165, 1.54) is 17.0 Å². The zero-order chi connectivity index (χ0) is 20.8. The summed E-state index contributed by atoms with van der Waals surface area (Å²) in [4.78, 5) is 23.0. The van der Waals surface area contributed by atoms with Crippen LogP contribution < -0.4 is 4.90 Å². The topological polar surface area (TPSA) is 45.1 Å². The van der Waals surface area contributed by atoms with E-state index in [0.29, 0.717) is 22.1 Å². The first kappa shape index (κ1) is 21.8. The summed E-state index contributed by atoms with van der Waals surface area (Å²) in [7, 11) is 6.31. The van der Waals surface area contributed by atoms with Gasteiger partial charge in [0, 0.05) is 32.1 Å². The molecule has 0 amide bonds. The van der Waals surface area contributed by atoms with Crippen LogP contribution in [0.15, 0.2) is 41.6 Å². The van der Waals surface area contributed by atoms with E-state index in [2.05, 4.69) is 60.4 Å². The van der Waals surface area contributed by atoms with Crippen molar-refractivity contribution in [1.29, 1.82) is 0 Å². The van der Waals surface area contributed by atoms with Crippen molar-refractivity contribution >= 4 is 40.1 Å². The van der Waals surface area contributed by atoms with Crippen molar-refractivity contribution in [3.05, 3.63) is 51.2 Å². The summed E-state index contributed by atoms with van der Waals surface area (Å²) in [5, 5.41) is 4.25. The second-order valence-electron chi connectivity index (χ2n) is 7.66. The highest BCUT2D eigenvalue weighted by Crippen LogP contribution is 2.26. The fourth-order valence-corrected chi connectivity index (χ4v) is 4.31. The summed E-state index contributed by atoms with van der Waals surface area (Å²) in [5.74, 6) is 0.112. The van der Waals surface area contributed by atoms with Gasteiger partial charge >= 0.3 is 0 Å². The Morgan fingerprint density at radius 2 is 1.93 bits per heavy atom. The largest absolute Gasteiger partial charge is 0.392 e. The van der Waals surface area contributed by atoms with Crippen LogP contribution in [0.3, 0.4) is 0 Å². The van der Waals surface area contributed by atoms with Gasteiger partial charge in [0.25, 0.3) is 0 Å². The fraction of sp³-hybridized carbons (Fsp3) is 0.455. The Bertz CT molecular complexity index is 848. The monoisotopic (exact) mass is 433 g/mol. The summed E-state index contributed by atoms with van der Waals surface area (Å²) in [6.07, 6.45) is 2.92. The van der Waals surface area contributed by atoms with E-state index < -0.39 is 0 Å². The van der Waals surface area contributed by atoms with E-state index in [4.69, 9.17) is 16.4 Å². The highest BCUT2D eigenvalue weighted by Gasteiger charge is 2.23. The molecule has 7 heteroatoms. The van der Waals surface area contributed by atoms with Crippen molar-refractivity contribution in [2.24, 2.45) is 5.16 Å². The van der Waals surface area contributed by atoms with Crippen LogP contribution in [0.1, 0.15) is 40.9 Å². The Morgan fingerprint density at radius 1 is 1.17 bits per heavy atom. The first-order valence-electron chi connectivity index (χ1n) is 9.90. The van der Waals surface area contributed by atoms with Crippen LogP contribution in [0, 0.1) is 0 Å². The smallest absolute Gasteiger partial charge is 0.172 e. The minimum absolute atomic E-state index is 0.0437. The molecule has 0 saturated heterocycles. The molecule has 2 aromatic rings. The molecule has 1 aliphatic rings. The third-order valence-corrected chi connectivity index (χ3v) is 6.29. The van der Waals surface area contributed by atoms with Crippen molar-refractivity contribution in [1.82, 2.24) is 4.90 Å². The number of carbonyl (C=O) groups is 1. The lowest BCUT2D eigenvalue weighted by Gasteiger charge is -2.20. The minimum Gasteiger partial charge on any atom is -0.392 e. The van der Waals surface area contributed by atoms with Gasteiger partial charge in [-0.05, 0) is 63.3 Å². The molecule has 1 atom stereocenters. The number of thiophene rings is 1. The third-order valence-electron chi connectivity index (χ3n) is 5.01. The molecule has 0 radical (unpaired) electrons. The molecule has 1 unspecified atom stereocenters. The van der Waals surface area contributed by atoms with Gasteiger partial charge in [-0.2, -0.15) is 0 Å². The van der Waals surface area contributed by atoms with Crippen LogP contribution in [-0.2, 0) is 4.84 Å². The van der Waals surface area contributed by atoms with Gasteiger partial charge in [-0.3, -0.25) is 4.79 Å². The highest BCUT2D eigenvalue weighted by atomic mass is 35.5. The predicted molar refractivity (Wildman–Crippen MR) is 122 cm³/mol. The molecule has 0 spiro atoms. The average molecular weight is 434 g/mol. The SMILES string of the molecule is CN(C)CCCN(C)c1ccc(C2=NOC(CCC(=O)c3ccc(Cl)s3)C2)cc1. The summed E-state index contributed by atoms with van der Waals surface area (Å²) in [6, 6.07) is 12.0. The van der Waals surface area contributed by atoms with Gasteiger partial charge in [0.2, 0.25) is 0 Å². The van der Waals surface area contributed by atoms with Crippen LogP contribution in [0.4, 0.5) is 5.69 Å². The number of ketones is 1. The normalized spacial score (nSPS) is 16.0. The standard InChI is InChI=1S/C22H28ClN3O2S/c1-25(2)13-4-14-26(3)17-7-5-16(6-8-17)19-15-18(28-24-19)9-10-20(27)21-11-12-22(23)29-21/h5-8,11-12,18H,4,9-10,13-15H2,1-3H3. The number of Topliss-reactive ketones (excluding diaryl/α,β-unsaturated/α-hetero) is 1. The summed E-state index contributed by atoms with van der Waals surface area (Å²) >= 11 is 7.23. The molecule has 1 aromatic carbocycles. The first-order chi connectivity index (χ1) is 13.9. The molecule has 0 saturated carbocycles. The van der Waals surface area contributed by atoms with Crippen molar-refractivity contribution < 1.29 is 9.63 Å². The number of nitrogens with zero attached hydrogens (tertiary/aromatic N) is 3. The molecular weight excluding hydrogens is 406 g/mol. The number of anilines is 1. The number of carbonyl (C=O) groups excluding carboxylic acids is 1. The van der Waals surface area contributed by atoms with Crippen molar-refractivity contribution in [2.75, 3.05) is 39.1 Å². The van der Waals surface area contributed by atoms with Crippen LogP contribution in [0.25, 0.3) is 0 Å². The Balaban J connectivity index is 1.46. The molecule has 0 aliphatic carbocycles. The second-order valence-corrected chi connectivity index (χ2v) is 9.38. The van der Waals surface area contributed by atoms with Gasteiger partial charge in [0.15, 0.2) is 5.78 Å². The van der Waals surface area contributed by atoms with E-state index in [-0.39, 0.29) is 11.9 Å². The minimum atomic E-state index is -0.0437. The molecule has 0 N–H and O–H groups in total. The van der Waals surface area contributed by atoms with E-state index in [1.54, 1.807) is 12.1 Å². The molecule has 0 bridgehead atoms. The summed E-state index contributed by atoms with van der Waals surface area (Å²) < 4.78 is 0.642.